The molecule has 4 atom stereocenters. The van der Waals surface area contributed by atoms with E-state index >= 15 is 0 Å². The molecule has 1 aliphatic carbocycles. The maximum Gasteiger partial charge on any atom is 0.0499 e. The van der Waals surface area contributed by atoms with Gasteiger partial charge >= 0.3 is 0 Å². The van der Waals surface area contributed by atoms with Gasteiger partial charge in [0.25, 0.3) is 0 Å². The molecule has 1 saturated carbocycles. The van der Waals surface area contributed by atoms with Crippen LogP contribution in [-0.2, 0) is 0 Å². The molecule has 1 fully saturated rings. The van der Waals surface area contributed by atoms with Gasteiger partial charge in [-0.3, -0.25) is 4.90 Å². The topological polar surface area (TPSA) is 29.3 Å². The number of rotatable bonds is 5. The van der Waals surface area contributed by atoms with Crippen molar-refractivity contribution in [2.75, 3.05) is 7.05 Å². The number of likely N-dealkylation sites (N-methyl/N-ethyl adjacent to an activating group) is 1. The summed E-state index contributed by atoms with van der Waals surface area (Å²) in [6, 6.07) is 9.78. The van der Waals surface area contributed by atoms with E-state index in [0.717, 1.165) is 16.8 Å². The maximum absolute atomic E-state index is 6.50. The van der Waals surface area contributed by atoms with E-state index in [1.807, 2.05) is 0 Å². The molecular formula is C18H29BrN2. The van der Waals surface area contributed by atoms with E-state index in [2.05, 4.69) is 66.0 Å². The molecule has 0 aromatic heterocycles. The molecule has 2 rings (SSSR count). The van der Waals surface area contributed by atoms with Crippen LogP contribution in [0.4, 0.5) is 0 Å². The van der Waals surface area contributed by atoms with Gasteiger partial charge in [0, 0.05) is 22.6 Å². The van der Waals surface area contributed by atoms with Gasteiger partial charge in [-0.2, -0.15) is 0 Å². The highest BCUT2D eigenvalue weighted by Crippen LogP contribution is 2.34. The van der Waals surface area contributed by atoms with Crippen molar-refractivity contribution in [3.63, 3.8) is 0 Å². The van der Waals surface area contributed by atoms with Crippen LogP contribution in [0, 0.1) is 5.92 Å². The highest BCUT2D eigenvalue weighted by molar-refractivity contribution is 9.10. The van der Waals surface area contributed by atoms with E-state index in [9.17, 15) is 0 Å². The molecule has 2 N–H and O–H groups in total. The molecule has 0 spiro atoms. The molecule has 0 aliphatic heterocycles. The standard InChI is InChI=1S/C18H29BrN2/c1-4-16(20)18(14-9-7-10-15(19)12-14)21(3)17-11-6-5-8-13(17)2/h7,9-10,12-13,16-18H,4-6,8,11,20H2,1-3H3. The molecule has 0 amide bonds. The van der Waals surface area contributed by atoms with Crippen molar-refractivity contribution in [3.05, 3.63) is 34.3 Å². The lowest BCUT2D eigenvalue weighted by Gasteiger charge is -2.43. The molecular weight excluding hydrogens is 324 g/mol. The molecule has 0 saturated heterocycles. The van der Waals surface area contributed by atoms with Crippen molar-refractivity contribution in [1.29, 1.82) is 0 Å². The van der Waals surface area contributed by atoms with Crippen molar-refractivity contribution < 1.29 is 0 Å². The van der Waals surface area contributed by atoms with Crippen molar-refractivity contribution >= 4 is 15.9 Å². The minimum atomic E-state index is 0.179. The van der Waals surface area contributed by atoms with Crippen LogP contribution in [0.1, 0.15) is 57.6 Å². The lowest BCUT2D eigenvalue weighted by Crippen LogP contribution is -2.47. The van der Waals surface area contributed by atoms with Crippen LogP contribution >= 0.6 is 15.9 Å². The summed E-state index contributed by atoms with van der Waals surface area (Å²) in [5, 5.41) is 0. The molecule has 1 aromatic rings. The largest absolute Gasteiger partial charge is 0.326 e. The van der Waals surface area contributed by atoms with Crippen molar-refractivity contribution in [1.82, 2.24) is 4.90 Å². The van der Waals surface area contributed by atoms with E-state index < -0.39 is 0 Å². The number of hydrogen-bond acceptors (Lipinski definition) is 2. The first-order chi connectivity index (χ1) is 10.0. The Kier molecular flexibility index (Phi) is 6.27. The Bertz CT molecular complexity index is 449. The fraction of sp³-hybridized carbons (Fsp3) is 0.667. The van der Waals surface area contributed by atoms with Gasteiger partial charge in [0.15, 0.2) is 0 Å². The Hall–Kier alpha value is -0.380. The Morgan fingerprint density at radius 2 is 2.05 bits per heavy atom. The van der Waals surface area contributed by atoms with Crippen LogP contribution < -0.4 is 5.73 Å². The molecule has 3 heteroatoms. The molecule has 1 aromatic carbocycles. The number of benzene rings is 1. The second-order valence-electron chi connectivity index (χ2n) is 6.57. The summed E-state index contributed by atoms with van der Waals surface area (Å²) in [6.45, 7) is 4.59. The normalized spacial score (nSPS) is 25.8. The number of hydrogen-bond donors (Lipinski definition) is 1. The minimum Gasteiger partial charge on any atom is -0.326 e. The Labute approximate surface area is 138 Å². The molecule has 4 unspecified atom stereocenters. The first-order valence-corrected chi connectivity index (χ1v) is 9.06. The first kappa shape index (κ1) is 17.0. The van der Waals surface area contributed by atoms with Gasteiger partial charge < -0.3 is 5.73 Å². The summed E-state index contributed by atoms with van der Waals surface area (Å²) >= 11 is 3.60. The fourth-order valence-electron chi connectivity index (χ4n) is 3.81. The maximum atomic E-state index is 6.50. The summed E-state index contributed by atoms with van der Waals surface area (Å²) < 4.78 is 1.14. The molecule has 0 radical (unpaired) electrons. The molecule has 118 valence electrons. The van der Waals surface area contributed by atoms with E-state index in [-0.39, 0.29) is 6.04 Å². The average molecular weight is 353 g/mol. The molecule has 0 heterocycles. The SMILES string of the molecule is CCC(N)C(c1cccc(Br)c1)N(C)C1CCCCC1C. The van der Waals surface area contributed by atoms with Gasteiger partial charge in [0.1, 0.15) is 0 Å². The molecule has 2 nitrogen and oxygen atoms in total. The quantitative estimate of drug-likeness (QED) is 0.829. The Balaban J connectivity index is 2.26. The van der Waals surface area contributed by atoms with E-state index in [1.54, 1.807) is 0 Å². The van der Waals surface area contributed by atoms with Gasteiger partial charge in [0.05, 0.1) is 0 Å². The van der Waals surface area contributed by atoms with Crippen molar-refractivity contribution in [3.8, 4) is 0 Å². The first-order valence-electron chi connectivity index (χ1n) is 8.27. The third-order valence-corrected chi connectivity index (χ3v) is 5.59. The third-order valence-electron chi connectivity index (χ3n) is 5.10. The van der Waals surface area contributed by atoms with Crippen LogP contribution in [0.25, 0.3) is 0 Å². The van der Waals surface area contributed by atoms with E-state index in [0.29, 0.717) is 12.1 Å². The predicted molar refractivity (Wildman–Crippen MR) is 94.3 cm³/mol. The summed E-state index contributed by atoms with van der Waals surface area (Å²) in [5.74, 6) is 0.766. The monoisotopic (exact) mass is 352 g/mol. The fourth-order valence-corrected chi connectivity index (χ4v) is 4.22. The van der Waals surface area contributed by atoms with E-state index in [4.69, 9.17) is 5.73 Å². The van der Waals surface area contributed by atoms with E-state index in [1.165, 1.54) is 31.2 Å². The number of nitrogens with two attached hydrogens (primary N) is 1. The van der Waals surface area contributed by atoms with Gasteiger partial charge in [-0.15, -0.1) is 0 Å². The van der Waals surface area contributed by atoms with Crippen LogP contribution in [0.5, 0.6) is 0 Å². The summed E-state index contributed by atoms with van der Waals surface area (Å²) in [6.07, 6.45) is 6.39. The Morgan fingerprint density at radius 1 is 1.33 bits per heavy atom. The lowest BCUT2D eigenvalue weighted by molar-refractivity contribution is 0.0824. The zero-order chi connectivity index (χ0) is 15.4. The number of halogens is 1. The van der Waals surface area contributed by atoms with Crippen molar-refractivity contribution in [2.45, 2.75) is 64.1 Å². The minimum absolute atomic E-state index is 0.179. The zero-order valence-corrected chi connectivity index (χ0v) is 15.1. The van der Waals surface area contributed by atoms with Crippen LogP contribution in [0.15, 0.2) is 28.7 Å². The van der Waals surface area contributed by atoms with Gasteiger partial charge in [0.2, 0.25) is 0 Å². The summed E-state index contributed by atoms with van der Waals surface area (Å²) in [4.78, 5) is 2.56. The van der Waals surface area contributed by atoms with Gasteiger partial charge in [-0.25, -0.2) is 0 Å². The number of nitrogens with zero attached hydrogens (tertiary/aromatic N) is 1. The highest BCUT2D eigenvalue weighted by Gasteiger charge is 2.32. The highest BCUT2D eigenvalue weighted by atomic mass is 79.9. The summed E-state index contributed by atoms with van der Waals surface area (Å²) in [5.41, 5.74) is 7.83. The summed E-state index contributed by atoms with van der Waals surface area (Å²) in [7, 11) is 2.27. The third kappa shape index (κ3) is 4.08. The van der Waals surface area contributed by atoms with Crippen molar-refractivity contribution in [2.24, 2.45) is 11.7 Å². The Morgan fingerprint density at radius 3 is 2.67 bits per heavy atom. The van der Waals surface area contributed by atoms with Gasteiger partial charge in [-0.05, 0) is 49.9 Å². The predicted octanol–water partition coefficient (Wildman–Crippen LogP) is 4.74. The molecule has 0 bridgehead atoms. The molecule has 1 aliphatic rings. The zero-order valence-electron chi connectivity index (χ0n) is 13.6. The van der Waals surface area contributed by atoms with Crippen LogP contribution in [0.2, 0.25) is 0 Å². The second kappa shape index (κ2) is 7.75. The van der Waals surface area contributed by atoms with Crippen LogP contribution in [0.3, 0.4) is 0 Å². The van der Waals surface area contributed by atoms with Gasteiger partial charge in [-0.1, -0.05) is 54.8 Å². The average Bonchev–Trinajstić information content (AvgIpc) is 2.47. The smallest absolute Gasteiger partial charge is 0.0499 e. The van der Waals surface area contributed by atoms with Crippen LogP contribution in [-0.4, -0.2) is 24.0 Å². The lowest BCUT2D eigenvalue weighted by atomic mass is 9.83. The molecule has 21 heavy (non-hydrogen) atoms. The second-order valence-corrected chi connectivity index (χ2v) is 7.48.